The fraction of sp³-hybridized carbons (Fsp3) is 0.389. The zero-order valence-corrected chi connectivity index (χ0v) is 14.8. The number of pyridine rings is 1. The van der Waals surface area contributed by atoms with Gasteiger partial charge in [-0.2, -0.15) is 0 Å². The highest BCUT2D eigenvalue weighted by Crippen LogP contribution is 2.21. The second-order valence-corrected chi connectivity index (χ2v) is 6.26. The molecule has 132 valence electrons. The molecule has 2 aromatic heterocycles. The van der Waals surface area contributed by atoms with E-state index in [1.807, 2.05) is 28.8 Å². The summed E-state index contributed by atoms with van der Waals surface area (Å²) in [6, 6.07) is 5.61. The highest BCUT2D eigenvalue weighted by molar-refractivity contribution is 6.31. The van der Waals surface area contributed by atoms with Gasteiger partial charge in [-0.3, -0.25) is 14.0 Å². The lowest BCUT2D eigenvalue weighted by molar-refractivity contribution is -0.150. The molecule has 0 saturated carbocycles. The van der Waals surface area contributed by atoms with Crippen LogP contribution in [0.5, 0.6) is 0 Å². The number of esters is 1. The number of rotatable bonds is 4. The van der Waals surface area contributed by atoms with Crippen molar-refractivity contribution in [1.29, 1.82) is 0 Å². The number of amides is 1. The van der Waals surface area contributed by atoms with Crippen molar-refractivity contribution in [1.82, 2.24) is 14.3 Å². The minimum atomic E-state index is -0.164. The largest absolute Gasteiger partial charge is 0.466 e. The Morgan fingerprint density at radius 1 is 1.36 bits per heavy atom. The van der Waals surface area contributed by atoms with Gasteiger partial charge < -0.3 is 9.64 Å². The first-order valence-electron chi connectivity index (χ1n) is 8.36. The molecule has 3 rings (SSSR count). The molecule has 1 amide bonds. The average molecular weight is 362 g/mol. The van der Waals surface area contributed by atoms with Crippen LogP contribution in [0, 0.1) is 5.92 Å². The fourth-order valence-corrected chi connectivity index (χ4v) is 3.23. The number of piperidine rings is 1. The van der Waals surface area contributed by atoms with Gasteiger partial charge in [0.15, 0.2) is 5.15 Å². The Bertz CT molecular complexity index is 807. The number of halogens is 1. The first kappa shape index (κ1) is 17.5. The Hall–Kier alpha value is -2.34. The van der Waals surface area contributed by atoms with Crippen LogP contribution < -0.4 is 0 Å². The normalized spacial score (nSPS) is 15.8. The molecule has 0 aliphatic carbocycles. The van der Waals surface area contributed by atoms with E-state index in [2.05, 4.69) is 4.98 Å². The SMILES string of the molecule is CCOC(=O)C1CCN(C(=O)/C=C/c2c(Cl)nc3ccccn23)CC1. The van der Waals surface area contributed by atoms with Gasteiger partial charge in [-0.05, 0) is 38.0 Å². The minimum absolute atomic E-state index is 0.0933. The van der Waals surface area contributed by atoms with Crippen LogP contribution in [0.15, 0.2) is 30.5 Å². The smallest absolute Gasteiger partial charge is 0.309 e. The third kappa shape index (κ3) is 3.85. The third-order valence-electron chi connectivity index (χ3n) is 4.33. The first-order valence-corrected chi connectivity index (χ1v) is 8.74. The number of likely N-dealkylation sites (tertiary alicyclic amines) is 1. The van der Waals surface area contributed by atoms with Crippen LogP contribution >= 0.6 is 11.6 Å². The maximum atomic E-state index is 12.4. The Kier molecular flexibility index (Phi) is 5.38. The van der Waals surface area contributed by atoms with E-state index in [1.165, 1.54) is 6.08 Å². The van der Waals surface area contributed by atoms with Crippen LogP contribution in [-0.4, -0.2) is 45.9 Å². The quantitative estimate of drug-likeness (QED) is 0.620. The van der Waals surface area contributed by atoms with Crippen molar-refractivity contribution >= 4 is 35.2 Å². The molecule has 0 radical (unpaired) electrons. The van der Waals surface area contributed by atoms with E-state index in [-0.39, 0.29) is 17.8 Å². The molecular weight excluding hydrogens is 342 g/mol. The summed E-state index contributed by atoms with van der Waals surface area (Å²) < 4.78 is 6.88. The molecule has 3 heterocycles. The molecule has 6 nitrogen and oxygen atoms in total. The van der Waals surface area contributed by atoms with Gasteiger partial charge in [0, 0.05) is 25.4 Å². The number of ether oxygens (including phenoxy) is 1. The number of hydrogen-bond acceptors (Lipinski definition) is 4. The van der Waals surface area contributed by atoms with Crippen molar-refractivity contribution in [3.63, 3.8) is 0 Å². The number of hydrogen-bond donors (Lipinski definition) is 0. The zero-order chi connectivity index (χ0) is 17.8. The summed E-state index contributed by atoms with van der Waals surface area (Å²) in [7, 11) is 0. The van der Waals surface area contributed by atoms with Crippen LogP contribution in [0.4, 0.5) is 0 Å². The minimum Gasteiger partial charge on any atom is -0.466 e. The highest BCUT2D eigenvalue weighted by atomic mass is 35.5. The van der Waals surface area contributed by atoms with Crippen molar-refractivity contribution in [3.8, 4) is 0 Å². The lowest BCUT2D eigenvalue weighted by atomic mass is 9.97. The number of fused-ring (bicyclic) bond motifs is 1. The van der Waals surface area contributed by atoms with Gasteiger partial charge in [-0.1, -0.05) is 17.7 Å². The standard InChI is InChI=1S/C18H20ClN3O3/c1-2-25-18(24)13-8-11-21(12-9-13)16(23)7-6-14-17(19)20-15-5-3-4-10-22(14)15/h3-7,10,13H,2,8-9,11-12H2,1H3/b7-6+. The molecule has 0 bridgehead atoms. The third-order valence-corrected chi connectivity index (χ3v) is 4.61. The van der Waals surface area contributed by atoms with Gasteiger partial charge in [0.05, 0.1) is 18.2 Å². The summed E-state index contributed by atoms with van der Waals surface area (Å²) in [6.45, 7) is 3.29. The summed E-state index contributed by atoms with van der Waals surface area (Å²) in [5.74, 6) is -0.367. The maximum Gasteiger partial charge on any atom is 0.309 e. The maximum absolute atomic E-state index is 12.4. The number of carbonyl (C=O) groups is 2. The molecule has 25 heavy (non-hydrogen) atoms. The molecule has 1 fully saturated rings. The van der Waals surface area contributed by atoms with Gasteiger partial charge in [-0.15, -0.1) is 0 Å². The average Bonchev–Trinajstić information content (AvgIpc) is 2.95. The fourth-order valence-electron chi connectivity index (χ4n) is 2.99. The summed E-state index contributed by atoms with van der Waals surface area (Å²) in [5.41, 5.74) is 1.40. The van der Waals surface area contributed by atoms with Gasteiger partial charge in [0.1, 0.15) is 5.65 Å². The van der Waals surface area contributed by atoms with Crippen LogP contribution in [0.2, 0.25) is 5.15 Å². The molecule has 0 unspecified atom stereocenters. The Labute approximate surface area is 151 Å². The van der Waals surface area contributed by atoms with E-state index in [0.717, 1.165) is 5.65 Å². The molecule has 0 atom stereocenters. The highest BCUT2D eigenvalue weighted by Gasteiger charge is 2.27. The molecule has 1 aliphatic heterocycles. The van der Waals surface area contributed by atoms with Crippen LogP contribution in [0.25, 0.3) is 11.7 Å². The first-order chi connectivity index (χ1) is 12.1. The molecule has 1 saturated heterocycles. The molecule has 2 aromatic rings. The lowest BCUT2D eigenvalue weighted by Gasteiger charge is -2.30. The van der Waals surface area contributed by atoms with Crippen LogP contribution in [0.3, 0.4) is 0 Å². The second kappa shape index (κ2) is 7.70. The summed E-state index contributed by atoms with van der Waals surface area (Å²) in [4.78, 5) is 30.1. The predicted octanol–water partition coefficient (Wildman–Crippen LogP) is 2.80. The van der Waals surface area contributed by atoms with E-state index in [1.54, 1.807) is 17.9 Å². The number of carbonyl (C=O) groups excluding carboxylic acids is 2. The van der Waals surface area contributed by atoms with Crippen LogP contribution in [-0.2, 0) is 14.3 Å². The summed E-state index contributed by atoms with van der Waals surface area (Å²) >= 11 is 6.16. The van der Waals surface area contributed by atoms with Crippen LogP contribution in [0.1, 0.15) is 25.5 Å². The van der Waals surface area contributed by atoms with Crippen molar-refractivity contribution in [2.24, 2.45) is 5.92 Å². The molecule has 0 spiro atoms. The number of imidazole rings is 1. The van der Waals surface area contributed by atoms with E-state index in [0.29, 0.717) is 43.4 Å². The number of nitrogens with zero attached hydrogens (tertiary/aromatic N) is 3. The zero-order valence-electron chi connectivity index (χ0n) is 14.0. The lowest BCUT2D eigenvalue weighted by Crippen LogP contribution is -2.39. The Balaban J connectivity index is 1.64. The van der Waals surface area contributed by atoms with Gasteiger partial charge in [0.2, 0.25) is 5.91 Å². The predicted molar refractivity (Wildman–Crippen MR) is 95.2 cm³/mol. The van der Waals surface area contributed by atoms with E-state index in [9.17, 15) is 9.59 Å². The number of aromatic nitrogens is 2. The molecular formula is C18H20ClN3O3. The molecule has 0 aromatic carbocycles. The second-order valence-electron chi connectivity index (χ2n) is 5.90. The van der Waals surface area contributed by atoms with E-state index in [4.69, 9.17) is 16.3 Å². The van der Waals surface area contributed by atoms with Crippen molar-refractivity contribution in [2.75, 3.05) is 19.7 Å². The van der Waals surface area contributed by atoms with Gasteiger partial charge in [0.25, 0.3) is 0 Å². The van der Waals surface area contributed by atoms with Crippen molar-refractivity contribution < 1.29 is 14.3 Å². The Morgan fingerprint density at radius 3 is 2.84 bits per heavy atom. The molecule has 7 heteroatoms. The van der Waals surface area contributed by atoms with Gasteiger partial charge in [-0.25, -0.2) is 4.98 Å². The van der Waals surface area contributed by atoms with E-state index >= 15 is 0 Å². The van der Waals surface area contributed by atoms with Crippen molar-refractivity contribution in [3.05, 3.63) is 41.3 Å². The molecule has 0 N–H and O–H groups in total. The summed E-state index contributed by atoms with van der Waals surface area (Å²) in [5, 5.41) is 0.358. The van der Waals surface area contributed by atoms with Crippen molar-refractivity contribution in [2.45, 2.75) is 19.8 Å². The van der Waals surface area contributed by atoms with Gasteiger partial charge >= 0.3 is 5.97 Å². The Morgan fingerprint density at radius 2 is 2.12 bits per heavy atom. The van der Waals surface area contributed by atoms with E-state index < -0.39 is 0 Å². The summed E-state index contributed by atoms with van der Waals surface area (Å²) in [6.07, 6.45) is 6.31. The topological polar surface area (TPSA) is 63.9 Å². The monoisotopic (exact) mass is 361 g/mol. The molecule has 1 aliphatic rings.